The van der Waals surface area contributed by atoms with Crippen molar-refractivity contribution in [3.63, 3.8) is 0 Å². The molecule has 1 aliphatic heterocycles. The molecule has 2 heterocycles. The van der Waals surface area contributed by atoms with E-state index in [1.165, 1.54) is 0 Å². The summed E-state index contributed by atoms with van der Waals surface area (Å²) in [6, 6.07) is 1.90. The van der Waals surface area contributed by atoms with Gasteiger partial charge in [-0.05, 0) is 11.6 Å². The van der Waals surface area contributed by atoms with Crippen molar-refractivity contribution in [2.75, 3.05) is 0 Å². The first-order chi connectivity index (χ1) is 5.77. The lowest BCUT2D eigenvalue weighted by Crippen LogP contribution is -2.33. The molecule has 12 heavy (non-hydrogen) atoms. The summed E-state index contributed by atoms with van der Waals surface area (Å²) in [6.45, 7) is 0.612. The number of amides is 1. The number of pyridine rings is 1. The van der Waals surface area contributed by atoms with E-state index in [0.717, 1.165) is 16.6 Å². The first kappa shape index (κ1) is 7.69. The number of carbonyl (C=O) groups is 1. The normalized spacial score (nSPS) is 15.2. The Balaban J connectivity index is 2.48. The molecule has 4 heteroatoms. The average Bonchev–Trinajstić information content (AvgIpc) is 2.04. The molecular formula is C8H9N2OP. The highest BCUT2D eigenvalue weighted by Gasteiger charge is 2.15. The van der Waals surface area contributed by atoms with E-state index in [0.29, 0.717) is 13.0 Å². The maximum absolute atomic E-state index is 11.0. The molecule has 1 atom stereocenters. The van der Waals surface area contributed by atoms with Crippen LogP contribution in [-0.4, -0.2) is 10.9 Å². The van der Waals surface area contributed by atoms with Crippen molar-refractivity contribution in [2.24, 2.45) is 0 Å². The van der Waals surface area contributed by atoms with Crippen molar-refractivity contribution in [2.45, 2.75) is 13.0 Å². The van der Waals surface area contributed by atoms with Gasteiger partial charge in [0.25, 0.3) is 0 Å². The highest BCUT2D eigenvalue weighted by atomic mass is 31.0. The van der Waals surface area contributed by atoms with Gasteiger partial charge in [-0.3, -0.25) is 9.78 Å². The monoisotopic (exact) mass is 180 g/mol. The van der Waals surface area contributed by atoms with Crippen molar-refractivity contribution in [1.82, 2.24) is 10.3 Å². The number of nitrogens with zero attached hydrogens (tertiary/aromatic N) is 1. The molecule has 1 unspecified atom stereocenters. The van der Waals surface area contributed by atoms with Gasteiger partial charge in [0, 0.05) is 18.3 Å². The maximum atomic E-state index is 11.0. The molecule has 0 radical (unpaired) electrons. The maximum Gasteiger partial charge on any atom is 0.224 e. The summed E-state index contributed by atoms with van der Waals surface area (Å²) in [7, 11) is 2.58. The smallest absolute Gasteiger partial charge is 0.224 e. The van der Waals surface area contributed by atoms with Crippen molar-refractivity contribution in [3.8, 4) is 0 Å². The minimum atomic E-state index is 0.0955. The Hall–Kier alpha value is -0.950. The van der Waals surface area contributed by atoms with E-state index in [-0.39, 0.29) is 5.91 Å². The molecule has 1 aromatic heterocycles. The van der Waals surface area contributed by atoms with Crippen LogP contribution in [0.25, 0.3) is 0 Å². The molecule has 0 aliphatic carbocycles. The van der Waals surface area contributed by atoms with Crippen LogP contribution in [-0.2, 0) is 17.8 Å². The van der Waals surface area contributed by atoms with E-state index in [1.54, 1.807) is 6.20 Å². The third kappa shape index (κ3) is 1.21. The Morgan fingerprint density at radius 3 is 3.25 bits per heavy atom. The van der Waals surface area contributed by atoms with Crippen LogP contribution >= 0.6 is 9.24 Å². The average molecular weight is 180 g/mol. The van der Waals surface area contributed by atoms with Gasteiger partial charge in [-0.15, -0.1) is 0 Å². The summed E-state index contributed by atoms with van der Waals surface area (Å²) < 4.78 is 0. The van der Waals surface area contributed by atoms with E-state index >= 15 is 0 Å². The summed E-state index contributed by atoms with van der Waals surface area (Å²) in [5, 5.41) is 2.79. The van der Waals surface area contributed by atoms with Crippen LogP contribution in [0.4, 0.5) is 0 Å². The second kappa shape index (κ2) is 2.83. The molecule has 0 fully saturated rings. The molecule has 0 aromatic carbocycles. The van der Waals surface area contributed by atoms with Crippen LogP contribution in [0.1, 0.15) is 11.1 Å². The molecule has 1 N–H and O–H groups in total. The van der Waals surface area contributed by atoms with Gasteiger partial charge in [-0.1, -0.05) is 9.24 Å². The quantitative estimate of drug-likeness (QED) is 0.559. The summed E-state index contributed by atoms with van der Waals surface area (Å²) in [5.74, 6) is 0.0955. The summed E-state index contributed by atoms with van der Waals surface area (Å²) in [4.78, 5) is 15.1. The lowest BCUT2D eigenvalue weighted by Gasteiger charge is -2.17. The third-order valence-electron chi connectivity index (χ3n) is 2.00. The number of nitrogens with one attached hydrogen (secondary N) is 1. The predicted molar refractivity (Wildman–Crippen MR) is 49.1 cm³/mol. The fraction of sp³-hybridized carbons (Fsp3) is 0.250. The van der Waals surface area contributed by atoms with Gasteiger partial charge in [0.15, 0.2) is 0 Å². The molecule has 0 spiro atoms. The largest absolute Gasteiger partial charge is 0.352 e. The zero-order valence-corrected chi connectivity index (χ0v) is 7.66. The molecule has 0 bridgehead atoms. The molecule has 3 nitrogen and oxygen atoms in total. The second-order valence-electron chi connectivity index (χ2n) is 2.79. The molecule has 62 valence electrons. The van der Waals surface area contributed by atoms with E-state index in [2.05, 4.69) is 19.5 Å². The lowest BCUT2D eigenvalue weighted by molar-refractivity contribution is -0.121. The molecule has 1 amide bonds. The van der Waals surface area contributed by atoms with Crippen LogP contribution < -0.4 is 10.8 Å². The van der Waals surface area contributed by atoms with Crippen LogP contribution in [0.2, 0.25) is 0 Å². The van der Waals surface area contributed by atoms with E-state index in [1.807, 2.05) is 6.07 Å². The minimum Gasteiger partial charge on any atom is -0.352 e. The topological polar surface area (TPSA) is 42.0 Å². The fourth-order valence-electron chi connectivity index (χ4n) is 1.34. The third-order valence-corrected chi connectivity index (χ3v) is 2.50. The molecule has 1 aromatic rings. The summed E-state index contributed by atoms with van der Waals surface area (Å²) in [5.41, 5.74) is 3.17. The molecule has 0 saturated heterocycles. The Labute approximate surface area is 72.8 Å². The SMILES string of the molecule is O=C1Cc2ccnc(P)c2CN1. The van der Waals surface area contributed by atoms with Crippen molar-refractivity contribution in [3.05, 3.63) is 23.4 Å². The number of carbonyl (C=O) groups excluding carboxylic acids is 1. The van der Waals surface area contributed by atoms with Crippen LogP contribution in [0.5, 0.6) is 0 Å². The summed E-state index contributed by atoms with van der Waals surface area (Å²) in [6.07, 6.45) is 2.22. The zero-order chi connectivity index (χ0) is 8.55. The second-order valence-corrected chi connectivity index (χ2v) is 3.33. The predicted octanol–water partition coefficient (Wildman–Crippen LogP) is -0.246. The first-order valence-electron chi connectivity index (χ1n) is 3.76. The standard InChI is InChI=1S/C8H9N2OP/c11-7-3-5-1-2-9-8(12)6(5)4-10-7/h1-2H,3-4,12H2,(H,10,11). The first-order valence-corrected chi connectivity index (χ1v) is 4.34. The van der Waals surface area contributed by atoms with Crippen LogP contribution in [0.3, 0.4) is 0 Å². The highest BCUT2D eigenvalue weighted by molar-refractivity contribution is 7.27. The number of rotatable bonds is 0. The number of hydrogen-bond donors (Lipinski definition) is 1. The molecule has 1 aliphatic rings. The van der Waals surface area contributed by atoms with Crippen LogP contribution in [0.15, 0.2) is 12.3 Å². The Morgan fingerprint density at radius 2 is 2.42 bits per heavy atom. The van der Waals surface area contributed by atoms with Gasteiger partial charge in [-0.25, -0.2) is 0 Å². The van der Waals surface area contributed by atoms with E-state index < -0.39 is 0 Å². The molecule has 2 rings (SSSR count). The number of fused-ring (bicyclic) bond motifs is 1. The Morgan fingerprint density at radius 1 is 1.58 bits per heavy atom. The van der Waals surface area contributed by atoms with Crippen LogP contribution in [0, 0.1) is 0 Å². The van der Waals surface area contributed by atoms with Gasteiger partial charge in [0.1, 0.15) is 0 Å². The fourth-order valence-corrected chi connectivity index (χ4v) is 1.72. The Bertz CT molecular complexity index is 338. The van der Waals surface area contributed by atoms with Crippen molar-refractivity contribution >= 4 is 20.6 Å². The van der Waals surface area contributed by atoms with Crippen molar-refractivity contribution < 1.29 is 4.79 Å². The van der Waals surface area contributed by atoms with Gasteiger partial charge in [0.2, 0.25) is 5.91 Å². The Kier molecular flexibility index (Phi) is 1.81. The van der Waals surface area contributed by atoms with Gasteiger partial charge in [-0.2, -0.15) is 0 Å². The van der Waals surface area contributed by atoms with Crippen molar-refractivity contribution in [1.29, 1.82) is 0 Å². The summed E-state index contributed by atoms with van der Waals surface area (Å²) >= 11 is 0. The number of hydrogen-bond acceptors (Lipinski definition) is 2. The number of aromatic nitrogens is 1. The lowest BCUT2D eigenvalue weighted by atomic mass is 10.0. The van der Waals surface area contributed by atoms with Gasteiger partial charge >= 0.3 is 0 Å². The van der Waals surface area contributed by atoms with Gasteiger partial charge < -0.3 is 5.32 Å². The van der Waals surface area contributed by atoms with Gasteiger partial charge in [0.05, 0.1) is 11.9 Å². The highest BCUT2D eigenvalue weighted by Crippen LogP contribution is 2.11. The van der Waals surface area contributed by atoms with E-state index in [4.69, 9.17) is 0 Å². The van der Waals surface area contributed by atoms with E-state index in [9.17, 15) is 4.79 Å². The molecule has 0 saturated carbocycles. The minimum absolute atomic E-state index is 0.0955. The molecular weight excluding hydrogens is 171 g/mol. The zero-order valence-electron chi connectivity index (χ0n) is 6.50.